The predicted octanol–water partition coefficient (Wildman–Crippen LogP) is 2.95. The minimum Gasteiger partial charge on any atom is -0.376 e. The summed E-state index contributed by atoms with van der Waals surface area (Å²) in [4.78, 5) is 26.7. The van der Waals surface area contributed by atoms with Gasteiger partial charge in [-0.3, -0.25) is 9.59 Å². The van der Waals surface area contributed by atoms with Gasteiger partial charge in [0.1, 0.15) is 0 Å². The standard InChI is InChI=1S/C20H28N2O3/c1-20(2,3)16-8-4-5-9-17(16)21-19(24)14-11-18(23)22(12-14)13-15-7-6-10-25-15/h4-5,8-9,14-15H,6-7,10-13H2,1-3H3,(H,21,24). The minimum absolute atomic E-state index is 0.0543. The fraction of sp³-hybridized carbons (Fsp3) is 0.600. The number of hydrogen-bond acceptors (Lipinski definition) is 3. The van der Waals surface area contributed by atoms with Crippen molar-refractivity contribution in [3.05, 3.63) is 29.8 Å². The Bertz CT molecular complexity index is 645. The molecular formula is C20H28N2O3. The number of carbonyl (C=O) groups excluding carboxylic acids is 2. The number of carbonyl (C=O) groups is 2. The van der Waals surface area contributed by atoms with E-state index >= 15 is 0 Å². The van der Waals surface area contributed by atoms with Gasteiger partial charge in [-0.1, -0.05) is 39.0 Å². The molecule has 25 heavy (non-hydrogen) atoms. The van der Waals surface area contributed by atoms with Gasteiger partial charge < -0.3 is 15.0 Å². The van der Waals surface area contributed by atoms with E-state index in [0.29, 0.717) is 13.1 Å². The molecule has 136 valence electrons. The molecule has 2 saturated heterocycles. The Hall–Kier alpha value is -1.88. The van der Waals surface area contributed by atoms with Crippen LogP contribution in [0.15, 0.2) is 24.3 Å². The number of ether oxygens (including phenoxy) is 1. The molecule has 5 heteroatoms. The quantitative estimate of drug-likeness (QED) is 0.913. The third kappa shape index (κ3) is 4.21. The highest BCUT2D eigenvalue weighted by atomic mass is 16.5. The molecular weight excluding hydrogens is 316 g/mol. The van der Waals surface area contributed by atoms with E-state index in [9.17, 15) is 9.59 Å². The maximum atomic E-state index is 12.7. The van der Waals surface area contributed by atoms with E-state index < -0.39 is 0 Å². The average Bonchev–Trinajstić information content (AvgIpc) is 3.18. The topological polar surface area (TPSA) is 58.6 Å². The Morgan fingerprint density at radius 1 is 1.32 bits per heavy atom. The summed E-state index contributed by atoms with van der Waals surface area (Å²) in [6, 6.07) is 7.88. The van der Waals surface area contributed by atoms with E-state index in [2.05, 4.69) is 26.1 Å². The van der Waals surface area contributed by atoms with E-state index in [1.54, 1.807) is 4.90 Å². The Morgan fingerprint density at radius 3 is 2.76 bits per heavy atom. The molecule has 0 aliphatic carbocycles. The van der Waals surface area contributed by atoms with Crippen molar-refractivity contribution in [3.8, 4) is 0 Å². The molecule has 5 nitrogen and oxygen atoms in total. The summed E-state index contributed by atoms with van der Waals surface area (Å²) in [6.07, 6.45) is 2.48. The van der Waals surface area contributed by atoms with Crippen molar-refractivity contribution < 1.29 is 14.3 Å². The Balaban J connectivity index is 1.63. The zero-order chi connectivity index (χ0) is 18.0. The van der Waals surface area contributed by atoms with Gasteiger partial charge in [0.25, 0.3) is 0 Å². The maximum Gasteiger partial charge on any atom is 0.229 e. The zero-order valence-electron chi connectivity index (χ0n) is 15.4. The van der Waals surface area contributed by atoms with Crippen LogP contribution in [0, 0.1) is 5.92 Å². The third-order valence-corrected chi connectivity index (χ3v) is 5.03. The highest BCUT2D eigenvalue weighted by molar-refractivity contribution is 5.97. The van der Waals surface area contributed by atoms with Crippen molar-refractivity contribution in [2.45, 2.75) is 51.6 Å². The van der Waals surface area contributed by atoms with Crippen LogP contribution in [0.2, 0.25) is 0 Å². The van der Waals surface area contributed by atoms with Crippen LogP contribution in [-0.2, 0) is 19.7 Å². The van der Waals surface area contributed by atoms with Gasteiger partial charge in [-0.25, -0.2) is 0 Å². The molecule has 1 aromatic carbocycles. The zero-order valence-corrected chi connectivity index (χ0v) is 15.4. The van der Waals surface area contributed by atoms with Gasteiger partial charge in [-0.2, -0.15) is 0 Å². The number of amides is 2. The first-order chi connectivity index (χ1) is 11.8. The molecule has 1 aromatic rings. The van der Waals surface area contributed by atoms with Gasteiger partial charge in [0, 0.05) is 31.8 Å². The number of anilines is 1. The summed E-state index contributed by atoms with van der Waals surface area (Å²) >= 11 is 0. The van der Waals surface area contributed by atoms with Crippen molar-refractivity contribution in [2.75, 3.05) is 25.0 Å². The Morgan fingerprint density at radius 2 is 2.08 bits per heavy atom. The first-order valence-corrected chi connectivity index (χ1v) is 9.14. The summed E-state index contributed by atoms with van der Waals surface area (Å²) in [5.74, 6) is -0.304. The first kappa shape index (κ1) is 17.9. The average molecular weight is 344 g/mol. The van der Waals surface area contributed by atoms with E-state index in [4.69, 9.17) is 4.74 Å². The van der Waals surface area contributed by atoms with Crippen LogP contribution in [0.3, 0.4) is 0 Å². The van der Waals surface area contributed by atoms with Crippen molar-refractivity contribution in [3.63, 3.8) is 0 Å². The number of nitrogens with one attached hydrogen (secondary N) is 1. The summed E-state index contributed by atoms with van der Waals surface area (Å²) in [5, 5.41) is 3.04. The monoisotopic (exact) mass is 344 g/mol. The number of benzene rings is 1. The van der Waals surface area contributed by atoms with Crippen molar-refractivity contribution in [2.24, 2.45) is 5.92 Å². The summed E-state index contributed by atoms with van der Waals surface area (Å²) < 4.78 is 5.61. The van der Waals surface area contributed by atoms with E-state index in [0.717, 1.165) is 30.7 Å². The van der Waals surface area contributed by atoms with Crippen LogP contribution in [0.1, 0.15) is 45.6 Å². The number of rotatable bonds is 4. The number of likely N-dealkylation sites (tertiary alicyclic amines) is 1. The molecule has 0 saturated carbocycles. The largest absolute Gasteiger partial charge is 0.376 e. The summed E-state index contributed by atoms with van der Waals surface area (Å²) in [6.45, 7) is 8.25. The Labute approximate surface area is 149 Å². The molecule has 3 rings (SSSR count). The predicted molar refractivity (Wildman–Crippen MR) is 97.4 cm³/mol. The SMILES string of the molecule is CC(C)(C)c1ccccc1NC(=O)C1CC(=O)N(CC2CCCO2)C1. The van der Waals surface area contributed by atoms with E-state index in [1.165, 1.54) is 0 Å². The van der Waals surface area contributed by atoms with Crippen molar-refractivity contribution in [1.82, 2.24) is 4.90 Å². The van der Waals surface area contributed by atoms with E-state index in [-0.39, 0.29) is 35.7 Å². The van der Waals surface area contributed by atoms with Crippen LogP contribution in [-0.4, -0.2) is 42.5 Å². The smallest absolute Gasteiger partial charge is 0.229 e. The molecule has 2 unspecified atom stereocenters. The second-order valence-electron chi connectivity index (χ2n) is 8.12. The van der Waals surface area contributed by atoms with Crippen molar-refractivity contribution >= 4 is 17.5 Å². The van der Waals surface area contributed by atoms with Gasteiger partial charge in [0.2, 0.25) is 11.8 Å². The minimum atomic E-state index is -0.290. The van der Waals surface area contributed by atoms with Crippen LogP contribution < -0.4 is 5.32 Å². The second kappa shape index (κ2) is 7.16. The summed E-state index contributed by atoms with van der Waals surface area (Å²) in [5.41, 5.74) is 1.88. The fourth-order valence-corrected chi connectivity index (χ4v) is 3.64. The number of para-hydroxylation sites is 1. The second-order valence-corrected chi connectivity index (χ2v) is 8.12. The van der Waals surface area contributed by atoms with Crippen molar-refractivity contribution in [1.29, 1.82) is 0 Å². The highest BCUT2D eigenvalue weighted by Crippen LogP contribution is 2.30. The van der Waals surface area contributed by atoms with Gasteiger partial charge in [0.15, 0.2) is 0 Å². The third-order valence-electron chi connectivity index (χ3n) is 5.03. The summed E-state index contributed by atoms with van der Waals surface area (Å²) in [7, 11) is 0. The molecule has 2 atom stereocenters. The number of hydrogen-bond donors (Lipinski definition) is 1. The van der Waals surface area contributed by atoms with Crippen LogP contribution in [0.5, 0.6) is 0 Å². The Kier molecular flexibility index (Phi) is 5.13. The maximum absolute atomic E-state index is 12.7. The lowest BCUT2D eigenvalue weighted by molar-refractivity contribution is -0.129. The lowest BCUT2D eigenvalue weighted by atomic mass is 9.85. The number of nitrogens with zero attached hydrogens (tertiary/aromatic N) is 1. The van der Waals surface area contributed by atoms with Gasteiger partial charge in [-0.05, 0) is 29.9 Å². The van der Waals surface area contributed by atoms with Gasteiger partial charge >= 0.3 is 0 Å². The molecule has 0 bridgehead atoms. The molecule has 0 aromatic heterocycles. The van der Waals surface area contributed by atoms with Crippen LogP contribution in [0.25, 0.3) is 0 Å². The lowest BCUT2D eigenvalue weighted by Gasteiger charge is -2.24. The molecule has 2 fully saturated rings. The molecule has 2 aliphatic heterocycles. The molecule has 0 spiro atoms. The van der Waals surface area contributed by atoms with Crippen LogP contribution in [0.4, 0.5) is 5.69 Å². The molecule has 2 heterocycles. The van der Waals surface area contributed by atoms with Gasteiger partial charge in [-0.15, -0.1) is 0 Å². The van der Waals surface area contributed by atoms with E-state index in [1.807, 2.05) is 24.3 Å². The molecule has 1 N–H and O–H groups in total. The molecule has 2 aliphatic rings. The van der Waals surface area contributed by atoms with Crippen LogP contribution >= 0.6 is 0 Å². The highest BCUT2D eigenvalue weighted by Gasteiger charge is 2.36. The lowest BCUT2D eigenvalue weighted by Crippen LogP contribution is -2.34. The normalized spacial score (nSPS) is 24.0. The van der Waals surface area contributed by atoms with Gasteiger partial charge in [0.05, 0.1) is 12.0 Å². The molecule has 2 amide bonds. The molecule has 0 radical (unpaired) electrons. The fourth-order valence-electron chi connectivity index (χ4n) is 3.64. The first-order valence-electron chi connectivity index (χ1n) is 9.14.